The van der Waals surface area contributed by atoms with E-state index in [1.54, 1.807) is 18.9 Å². The third-order valence-corrected chi connectivity index (χ3v) is 8.65. The number of nitrogens with zero attached hydrogens (tertiary/aromatic N) is 2. The molecule has 236 valence electrons. The van der Waals surface area contributed by atoms with Crippen LogP contribution in [0.15, 0.2) is 91.0 Å². The van der Waals surface area contributed by atoms with Crippen LogP contribution in [-0.2, 0) is 25.7 Å². The minimum absolute atomic E-state index is 0.0666. The third-order valence-electron chi connectivity index (χ3n) is 8.65. The molecule has 3 aromatic carbocycles. The minimum atomic E-state index is -1.05. The number of hydrogen-bond acceptors (Lipinski definition) is 6. The number of hydrogen-bond donors (Lipinski definition) is 3. The molecular weight excluding hydrogens is 570 g/mol. The van der Waals surface area contributed by atoms with Gasteiger partial charge in [0.1, 0.15) is 18.7 Å². The van der Waals surface area contributed by atoms with E-state index in [0.29, 0.717) is 25.8 Å². The van der Waals surface area contributed by atoms with Crippen molar-refractivity contribution >= 4 is 23.8 Å². The molecule has 2 saturated heterocycles. The summed E-state index contributed by atoms with van der Waals surface area (Å²) in [7, 11) is 1.66. The summed E-state index contributed by atoms with van der Waals surface area (Å²) in [6.45, 7) is 2.04. The van der Waals surface area contributed by atoms with Gasteiger partial charge in [-0.25, -0.2) is 4.79 Å². The van der Waals surface area contributed by atoms with Gasteiger partial charge in [0.25, 0.3) is 0 Å². The van der Waals surface area contributed by atoms with E-state index in [-0.39, 0.29) is 36.9 Å². The van der Waals surface area contributed by atoms with Crippen molar-refractivity contribution in [1.82, 2.24) is 25.8 Å². The molecule has 0 aliphatic carbocycles. The zero-order valence-electron chi connectivity index (χ0n) is 25.7. The lowest BCUT2D eigenvalue weighted by atomic mass is 9.98. The predicted octanol–water partition coefficient (Wildman–Crippen LogP) is 3.39. The third kappa shape index (κ3) is 7.69. The Hall–Kier alpha value is -4.70. The van der Waals surface area contributed by atoms with Crippen LogP contribution in [0.2, 0.25) is 0 Å². The molecule has 2 fully saturated rings. The molecule has 3 aromatic rings. The molecule has 2 aliphatic rings. The lowest BCUT2D eigenvalue weighted by Gasteiger charge is -2.38. The Labute approximate surface area is 264 Å². The molecule has 10 nitrogen and oxygen atoms in total. The number of fused-ring (bicyclic) bond motifs is 1. The topological polar surface area (TPSA) is 120 Å². The maximum absolute atomic E-state index is 14.2. The molecule has 45 heavy (non-hydrogen) atoms. The Bertz CT molecular complexity index is 1420. The molecule has 0 radical (unpaired) electrons. The average molecular weight is 612 g/mol. The molecule has 0 aromatic heterocycles. The number of carbonyl (C=O) groups is 4. The first-order chi connectivity index (χ1) is 21.9. The van der Waals surface area contributed by atoms with Gasteiger partial charge in [0.15, 0.2) is 0 Å². The molecule has 0 spiro atoms. The van der Waals surface area contributed by atoms with Crippen LogP contribution in [0.25, 0.3) is 0 Å². The molecular formula is C35H41N5O5. The molecule has 0 unspecified atom stereocenters. The normalized spacial score (nSPS) is 20.5. The van der Waals surface area contributed by atoms with Crippen molar-refractivity contribution in [2.45, 2.75) is 63.0 Å². The molecule has 3 N–H and O–H groups in total. The first kappa shape index (κ1) is 31.7. The van der Waals surface area contributed by atoms with E-state index in [2.05, 4.69) is 16.0 Å². The number of ether oxygens (including phenoxy) is 1. The van der Waals surface area contributed by atoms with Crippen molar-refractivity contribution in [3.63, 3.8) is 0 Å². The van der Waals surface area contributed by atoms with Crippen molar-refractivity contribution in [2.24, 2.45) is 0 Å². The standard InChI is InChI=1S/C35H41N5O5/c1-24(36-2)32(41)37-29-22-39(35(44)45-23-25-12-6-3-7-13-25)21-20-28-18-19-30(40(28)34(29)43)33(42)38-31(26-14-8-4-9-15-26)27-16-10-5-11-17-27/h3-17,24,28-31,36H,18-23H2,1-2H3,(H,37,41)(H,38,42)/t24-,28+,29-,30-/m0/s1. The van der Waals surface area contributed by atoms with E-state index in [9.17, 15) is 19.2 Å². The van der Waals surface area contributed by atoms with E-state index in [1.807, 2.05) is 91.0 Å². The maximum Gasteiger partial charge on any atom is 0.410 e. The zero-order chi connectivity index (χ0) is 31.8. The number of benzene rings is 3. The van der Waals surface area contributed by atoms with Gasteiger partial charge in [0, 0.05) is 12.6 Å². The van der Waals surface area contributed by atoms with E-state index >= 15 is 0 Å². The predicted molar refractivity (Wildman–Crippen MR) is 170 cm³/mol. The second kappa shape index (κ2) is 14.9. The fraction of sp³-hybridized carbons (Fsp3) is 0.371. The summed E-state index contributed by atoms with van der Waals surface area (Å²) in [5, 5.41) is 8.93. The summed E-state index contributed by atoms with van der Waals surface area (Å²) >= 11 is 0. The minimum Gasteiger partial charge on any atom is -0.445 e. The number of nitrogens with one attached hydrogen (secondary N) is 3. The summed E-state index contributed by atoms with van der Waals surface area (Å²) in [6.07, 6.45) is 1.02. The SMILES string of the molecule is CN[C@@H](C)C(=O)N[C@H]1CN(C(=O)OCc2ccccc2)CC[C@H]2CC[C@@H](C(=O)NC(c3ccccc3)c3ccccc3)N2C1=O. The van der Waals surface area contributed by atoms with Gasteiger partial charge in [0.05, 0.1) is 18.6 Å². The highest BCUT2D eigenvalue weighted by Gasteiger charge is 2.46. The second-order valence-electron chi connectivity index (χ2n) is 11.6. The lowest BCUT2D eigenvalue weighted by Crippen LogP contribution is -2.62. The first-order valence-corrected chi connectivity index (χ1v) is 15.5. The van der Waals surface area contributed by atoms with Crippen molar-refractivity contribution in [2.75, 3.05) is 20.1 Å². The van der Waals surface area contributed by atoms with E-state index in [4.69, 9.17) is 4.74 Å². The summed E-state index contributed by atoms with van der Waals surface area (Å²) in [4.78, 5) is 57.6. The van der Waals surface area contributed by atoms with Crippen molar-refractivity contribution < 1.29 is 23.9 Å². The van der Waals surface area contributed by atoms with Crippen LogP contribution in [0.4, 0.5) is 4.79 Å². The Morgan fingerprint density at radius 3 is 2.07 bits per heavy atom. The average Bonchev–Trinajstić information content (AvgIpc) is 3.50. The van der Waals surface area contributed by atoms with E-state index in [1.165, 1.54) is 4.90 Å². The summed E-state index contributed by atoms with van der Waals surface area (Å²) in [5.41, 5.74) is 2.71. The van der Waals surface area contributed by atoms with Crippen molar-refractivity contribution in [3.05, 3.63) is 108 Å². The molecule has 2 heterocycles. The Morgan fingerprint density at radius 1 is 0.867 bits per heavy atom. The quantitative estimate of drug-likeness (QED) is 0.341. The Balaban J connectivity index is 1.36. The number of likely N-dealkylation sites (N-methyl/N-ethyl adjacent to an activating group) is 1. The van der Waals surface area contributed by atoms with Crippen LogP contribution < -0.4 is 16.0 Å². The Morgan fingerprint density at radius 2 is 1.47 bits per heavy atom. The van der Waals surface area contributed by atoms with Crippen LogP contribution in [0, 0.1) is 0 Å². The van der Waals surface area contributed by atoms with Gasteiger partial charge in [-0.1, -0.05) is 91.0 Å². The molecule has 4 amide bonds. The second-order valence-corrected chi connectivity index (χ2v) is 11.6. The highest BCUT2D eigenvalue weighted by molar-refractivity contribution is 5.94. The summed E-state index contributed by atoms with van der Waals surface area (Å²) in [6, 6.07) is 25.8. The first-order valence-electron chi connectivity index (χ1n) is 15.5. The molecule has 2 aliphatic heterocycles. The lowest BCUT2D eigenvalue weighted by molar-refractivity contribution is -0.145. The van der Waals surface area contributed by atoms with Gasteiger partial charge in [-0.2, -0.15) is 0 Å². The summed E-state index contributed by atoms with van der Waals surface area (Å²) < 4.78 is 5.59. The van der Waals surface area contributed by atoms with Crippen LogP contribution in [0.1, 0.15) is 48.9 Å². The van der Waals surface area contributed by atoms with Gasteiger partial charge in [-0.15, -0.1) is 0 Å². The number of rotatable bonds is 9. The highest BCUT2D eigenvalue weighted by atomic mass is 16.6. The van der Waals surface area contributed by atoms with Gasteiger partial charge in [0.2, 0.25) is 17.7 Å². The molecule has 4 atom stereocenters. The van der Waals surface area contributed by atoms with E-state index < -0.39 is 30.3 Å². The monoisotopic (exact) mass is 611 g/mol. The smallest absolute Gasteiger partial charge is 0.410 e. The highest BCUT2D eigenvalue weighted by Crippen LogP contribution is 2.31. The van der Waals surface area contributed by atoms with Crippen LogP contribution in [0.5, 0.6) is 0 Å². The number of amides is 4. The maximum atomic E-state index is 14.2. The van der Waals surface area contributed by atoms with Crippen molar-refractivity contribution in [3.8, 4) is 0 Å². The Kier molecular flexibility index (Phi) is 10.5. The molecule has 0 bridgehead atoms. The van der Waals surface area contributed by atoms with Gasteiger partial charge < -0.3 is 30.5 Å². The molecule has 5 rings (SSSR count). The van der Waals surface area contributed by atoms with Gasteiger partial charge in [-0.3, -0.25) is 14.4 Å². The van der Waals surface area contributed by atoms with Gasteiger partial charge in [-0.05, 0) is 49.9 Å². The van der Waals surface area contributed by atoms with E-state index in [0.717, 1.165) is 16.7 Å². The van der Waals surface area contributed by atoms with Crippen LogP contribution >= 0.6 is 0 Å². The van der Waals surface area contributed by atoms with Crippen molar-refractivity contribution in [1.29, 1.82) is 0 Å². The van der Waals surface area contributed by atoms with Gasteiger partial charge >= 0.3 is 6.09 Å². The fourth-order valence-electron chi connectivity index (χ4n) is 6.03. The zero-order valence-corrected chi connectivity index (χ0v) is 25.7. The molecule has 0 saturated carbocycles. The van der Waals surface area contributed by atoms with Crippen LogP contribution in [-0.4, -0.2) is 77.9 Å². The van der Waals surface area contributed by atoms with Crippen LogP contribution in [0.3, 0.4) is 0 Å². The largest absolute Gasteiger partial charge is 0.445 e. The fourth-order valence-corrected chi connectivity index (χ4v) is 6.03. The molecule has 10 heteroatoms. The summed E-state index contributed by atoms with van der Waals surface area (Å²) in [5.74, 6) is -1.01. The number of carbonyl (C=O) groups excluding carboxylic acids is 4.